The molecule has 0 radical (unpaired) electrons. The third kappa shape index (κ3) is 4.61. The molecule has 1 amide bonds. The highest BCUT2D eigenvalue weighted by Gasteiger charge is 2.18. The van der Waals surface area contributed by atoms with Gasteiger partial charge in [0.25, 0.3) is 5.91 Å². The summed E-state index contributed by atoms with van der Waals surface area (Å²) >= 11 is 12.3. The number of benzene rings is 2. The van der Waals surface area contributed by atoms with E-state index in [-0.39, 0.29) is 17.6 Å². The lowest BCUT2D eigenvalue weighted by molar-refractivity contribution is 0.0854. The molecule has 6 nitrogen and oxygen atoms in total. The average Bonchev–Trinajstić information content (AvgIpc) is 3.25. The lowest BCUT2D eigenvalue weighted by Gasteiger charge is -2.11. The molecule has 3 aromatic rings. The summed E-state index contributed by atoms with van der Waals surface area (Å²) in [7, 11) is 1.54. The monoisotopic (exact) mass is 446 g/mol. The van der Waals surface area contributed by atoms with Crippen LogP contribution in [0, 0.1) is 0 Å². The number of hydrogen-bond acceptors (Lipinski definition) is 5. The van der Waals surface area contributed by atoms with Crippen LogP contribution in [0.15, 0.2) is 51.9 Å². The van der Waals surface area contributed by atoms with Crippen LogP contribution in [0.3, 0.4) is 0 Å². The highest BCUT2D eigenvalue weighted by molar-refractivity contribution is 6.32. The summed E-state index contributed by atoms with van der Waals surface area (Å²) in [4.78, 5) is 17.5. The van der Waals surface area contributed by atoms with Gasteiger partial charge in [0.1, 0.15) is 16.9 Å². The Bertz CT molecular complexity index is 1150. The quantitative estimate of drug-likeness (QED) is 0.605. The Morgan fingerprint density at radius 2 is 2.10 bits per heavy atom. The molecule has 1 atom stereocenters. The minimum Gasteiger partial charge on any atom is -0.495 e. The molecule has 0 bridgehead atoms. The minimum atomic E-state index is -0.297. The van der Waals surface area contributed by atoms with Crippen molar-refractivity contribution in [3.8, 4) is 5.75 Å². The van der Waals surface area contributed by atoms with Gasteiger partial charge >= 0.3 is 0 Å². The molecule has 1 aromatic heterocycles. The Balaban J connectivity index is 1.75. The van der Waals surface area contributed by atoms with Gasteiger partial charge in [-0.1, -0.05) is 23.2 Å². The summed E-state index contributed by atoms with van der Waals surface area (Å²) in [6.45, 7) is 1.16. The highest BCUT2D eigenvalue weighted by atomic mass is 35.5. The first-order chi connectivity index (χ1) is 14.5. The Hall–Kier alpha value is -2.54. The maximum Gasteiger partial charge on any atom is 0.256 e. The molecule has 8 heteroatoms. The van der Waals surface area contributed by atoms with Gasteiger partial charge in [-0.15, -0.1) is 0 Å². The number of methoxy groups -OCH3 is 1. The maximum absolute atomic E-state index is 12.9. The molecule has 4 rings (SSSR count). The fourth-order valence-electron chi connectivity index (χ4n) is 3.30. The van der Waals surface area contributed by atoms with Crippen molar-refractivity contribution in [3.63, 3.8) is 0 Å². The molecule has 30 heavy (non-hydrogen) atoms. The summed E-state index contributed by atoms with van der Waals surface area (Å²) < 4.78 is 16.7. The predicted octanol–water partition coefficient (Wildman–Crippen LogP) is 4.89. The smallest absolute Gasteiger partial charge is 0.256 e. The number of nitrogens with zero attached hydrogens (tertiary/aromatic N) is 1. The summed E-state index contributed by atoms with van der Waals surface area (Å²) in [6, 6.07) is 12.0. The van der Waals surface area contributed by atoms with E-state index in [0.717, 1.165) is 19.4 Å². The van der Waals surface area contributed by atoms with E-state index in [1.165, 1.54) is 0 Å². The van der Waals surface area contributed by atoms with Gasteiger partial charge in [0.15, 0.2) is 0 Å². The molecule has 0 saturated carbocycles. The predicted molar refractivity (Wildman–Crippen MR) is 116 cm³/mol. The number of amides is 1. The summed E-state index contributed by atoms with van der Waals surface area (Å²) in [5.74, 6) is 0.240. The Morgan fingerprint density at radius 3 is 2.83 bits per heavy atom. The van der Waals surface area contributed by atoms with Crippen LogP contribution in [0.5, 0.6) is 5.75 Å². The van der Waals surface area contributed by atoms with Crippen LogP contribution in [0.25, 0.3) is 11.0 Å². The van der Waals surface area contributed by atoms with Crippen molar-refractivity contribution in [2.75, 3.05) is 20.3 Å². The number of halogens is 2. The molecule has 0 aliphatic carbocycles. The molecule has 2 aromatic carbocycles. The zero-order valence-corrected chi connectivity index (χ0v) is 17.8. The number of fused-ring (bicyclic) bond motifs is 1. The topological polar surface area (TPSA) is 73.1 Å². The largest absolute Gasteiger partial charge is 0.495 e. The van der Waals surface area contributed by atoms with Crippen molar-refractivity contribution in [1.29, 1.82) is 0 Å². The molecular weight excluding hydrogens is 427 g/mol. The van der Waals surface area contributed by atoms with Crippen LogP contribution in [-0.2, 0) is 4.74 Å². The van der Waals surface area contributed by atoms with E-state index in [0.29, 0.717) is 44.6 Å². The Labute approximate surface area is 183 Å². The van der Waals surface area contributed by atoms with E-state index < -0.39 is 0 Å². The Morgan fingerprint density at radius 1 is 1.23 bits per heavy atom. The number of nitrogens with one attached hydrogen (secondary N) is 1. The second-order valence-corrected chi connectivity index (χ2v) is 7.77. The molecule has 2 heterocycles. The zero-order chi connectivity index (χ0) is 21.1. The summed E-state index contributed by atoms with van der Waals surface area (Å²) in [6.07, 6.45) is 1.96. The van der Waals surface area contributed by atoms with Crippen LogP contribution >= 0.6 is 23.2 Å². The van der Waals surface area contributed by atoms with Gasteiger partial charge in [0.05, 0.1) is 23.9 Å². The number of ether oxygens (including phenoxy) is 2. The highest BCUT2D eigenvalue weighted by Crippen LogP contribution is 2.28. The fourth-order valence-corrected chi connectivity index (χ4v) is 3.73. The van der Waals surface area contributed by atoms with Crippen LogP contribution in [0.1, 0.15) is 23.2 Å². The number of hydrogen-bond donors (Lipinski definition) is 1. The third-order valence-corrected chi connectivity index (χ3v) is 5.36. The normalized spacial score (nSPS) is 16.8. The fraction of sp³-hybridized carbons (Fsp3) is 0.273. The molecule has 1 fully saturated rings. The minimum absolute atomic E-state index is 0.0292. The molecule has 1 aliphatic heterocycles. The Kier molecular flexibility index (Phi) is 6.27. The number of carbonyl (C=O) groups excluding carboxylic acids is 1. The second-order valence-electron chi connectivity index (χ2n) is 6.92. The van der Waals surface area contributed by atoms with Gasteiger partial charge in [-0.2, -0.15) is 0 Å². The lowest BCUT2D eigenvalue weighted by Crippen LogP contribution is -2.34. The molecular formula is C22H20Cl2N2O4. The SMILES string of the molecule is COc1ccc(N=c2oc3ccc(Cl)cc3cc2C(=O)NC[C@@H]2CCCO2)cc1Cl. The third-order valence-electron chi connectivity index (χ3n) is 4.83. The van der Waals surface area contributed by atoms with Crippen molar-refractivity contribution >= 4 is 45.8 Å². The molecule has 0 unspecified atom stereocenters. The molecule has 1 saturated heterocycles. The van der Waals surface area contributed by atoms with Crippen LogP contribution in [0.4, 0.5) is 5.69 Å². The standard InChI is InChI=1S/C22H20Cl2N2O4/c1-28-20-7-5-15(11-18(20)24)26-22-17(21(27)25-12-16-3-2-8-29-16)10-13-9-14(23)4-6-19(13)30-22/h4-7,9-11,16H,2-3,8,12H2,1H3,(H,25,27)/t16-/m0/s1. The number of rotatable bonds is 5. The molecule has 1 N–H and O–H groups in total. The van der Waals surface area contributed by atoms with Crippen molar-refractivity contribution in [2.45, 2.75) is 18.9 Å². The van der Waals surface area contributed by atoms with Crippen LogP contribution in [-0.4, -0.2) is 32.3 Å². The van der Waals surface area contributed by atoms with Crippen molar-refractivity contribution in [1.82, 2.24) is 5.32 Å². The van der Waals surface area contributed by atoms with E-state index in [1.54, 1.807) is 49.6 Å². The van der Waals surface area contributed by atoms with E-state index in [1.807, 2.05) is 0 Å². The van der Waals surface area contributed by atoms with Crippen LogP contribution < -0.4 is 15.6 Å². The van der Waals surface area contributed by atoms with Crippen LogP contribution in [0.2, 0.25) is 10.0 Å². The zero-order valence-electron chi connectivity index (χ0n) is 16.3. The van der Waals surface area contributed by atoms with Gasteiger partial charge in [-0.05, 0) is 55.3 Å². The van der Waals surface area contributed by atoms with Gasteiger partial charge in [-0.3, -0.25) is 4.79 Å². The second kappa shape index (κ2) is 9.08. The van der Waals surface area contributed by atoms with Gasteiger partial charge in [0.2, 0.25) is 5.55 Å². The summed E-state index contributed by atoms with van der Waals surface area (Å²) in [5, 5.41) is 4.58. The van der Waals surface area contributed by atoms with Crippen molar-refractivity contribution in [3.05, 3.63) is 63.6 Å². The molecule has 0 spiro atoms. The van der Waals surface area contributed by atoms with E-state index in [9.17, 15) is 4.79 Å². The average molecular weight is 447 g/mol. The lowest BCUT2D eigenvalue weighted by atomic mass is 10.1. The van der Waals surface area contributed by atoms with E-state index in [2.05, 4.69) is 10.3 Å². The molecule has 1 aliphatic rings. The van der Waals surface area contributed by atoms with Crippen molar-refractivity contribution in [2.24, 2.45) is 4.99 Å². The number of carbonyl (C=O) groups is 1. The first-order valence-electron chi connectivity index (χ1n) is 9.55. The van der Waals surface area contributed by atoms with Gasteiger partial charge < -0.3 is 19.2 Å². The first-order valence-corrected chi connectivity index (χ1v) is 10.3. The first kappa shape index (κ1) is 20.7. The van der Waals surface area contributed by atoms with Gasteiger partial charge in [-0.25, -0.2) is 4.99 Å². The van der Waals surface area contributed by atoms with Crippen molar-refractivity contribution < 1.29 is 18.7 Å². The van der Waals surface area contributed by atoms with E-state index >= 15 is 0 Å². The maximum atomic E-state index is 12.9. The van der Waals surface area contributed by atoms with Gasteiger partial charge in [0, 0.05) is 23.6 Å². The summed E-state index contributed by atoms with van der Waals surface area (Å²) in [5.41, 5.74) is 1.57. The van der Waals surface area contributed by atoms with E-state index in [4.69, 9.17) is 37.1 Å². The molecule has 156 valence electrons.